The van der Waals surface area contributed by atoms with Crippen molar-refractivity contribution in [1.82, 2.24) is 23.7 Å². The molecule has 3 aliphatic rings. The van der Waals surface area contributed by atoms with Gasteiger partial charge in [-0.2, -0.15) is 0 Å². The van der Waals surface area contributed by atoms with Crippen molar-refractivity contribution in [3.8, 4) is 84.2 Å². The minimum Gasteiger partial charge on any atom is -0.309 e. The van der Waals surface area contributed by atoms with Crippen molar-refractivity contribution in [2.75, 3.05) is 0 Å². The van der Waals surface area contributed by atoms with Gasteiger partial charge in [-0.25, -0.2) is 9.97 Å². The third-order valence-corrected chi connectivity index (χ3v) is 22.1. The predicted octanol–water partition coefficient (Wildman–Crippen LogP) is 22.8. The zero-order valence-electron chi connectivity index (χ0n) is 53.2. The molecule has 0 spiro atoms. The van der Waals surface area contributed by atoms with E-state index in [2.05, 4.69) is 328 Å². The van der Waals surface area contributed by atoms with Crippen molar-refractivity contribution in [3.05, 3.63) is 306 Å². The topological polar surface area (TPSA) is 40.6 Å². The van der Waals surface area contributed by atoms with Crippen LogP contribution in [-0.4, -0.2) is 23.7 Å². The third-order valence-electron chi connectivity index (χ3n) is 22.1. The molecule has 20 rings (SSSR count). The van der Waals surface area contributed by atoms with Crippen LogP contribution < -0.4 is 0 Å². The summed E-state index contributed by atoms with van der Waals surface area (Å²) in [6, 6.07) is 102. The first-order chi connectivity index (χ1) is 45.9. The van der Waals surface area contributed by atoms with Gasteiger partial charge in [-0.3, -0.25) is 0 Å². The SMILES string of the molecule is CC1(C)c2ccccc2-c2c1ccc1c2c2ccccc2n1-c1ccc(-c2nc(-c3ccc(-n4c5ccccc5c5c6c(ccc54)C(C)(C)c4ccccc4-6)cc3)c3cc(-c4cccc(-n5c6ccccc6c6c7c(ccc65)C(C)(C)c5ccccc5-7)c4)ccc3n2)cc1. The van der Waals surface area contributed by atoms with Gasteiger partial charge >= 0.3 is 0 Å². The highest BCUT2D eigenvalue weighted by molar-refractivity contribution is 6.21. The Kier molecular flexibility index (Phi) is 10.7. The summed E-state index contributed by atoms with van der Waals surface area (Å²) >= 11 is 0. The number of aromatic nitrogens is 5. The van der Waals surface area contributed by atoms with Gasteiger partial charge in [0.15, 0.2) is 5.82 Å². The van der Waals surface area contributed by atoms with Crippen LogP contribution in [0.2, 0.25) is 0 Å². The molecule has 17 aromatic rings. The van der Waals surface area contributed by atoms with Crippen LogP contribution in [0.5, 0.6) is 0 Å². The summed E-state index contributed by atoms with van der Waals surface area (Å²) in [4.78, 5) is 11.1. The van der Waals surface area contributed by atoms with Gasteiger partial charge in [0.25, 0.3) is 0 Å². The van der Waals surface area contributed by atoms with Gasteiger partial charge in [0.1, 0.15) is 0 Å². The second-order valence-corrected chi connectivity index (χ2v) is 28.0. The Morgan fingerprint density at radius 2 is 0.638 bits per heavy atom. The first kappa shape index (κ1) is 53.3. The quantitative estimate of drug-likeness (QED) is 0.166. The largest absolute Gasteiger partial charge is 0.309 e. The van der Waals surface area contributed by atoms with Crippen LogP contribution in [0.4, 0.5) is 0 Å². The van der Waals surface area contributed by atoms with Crippen molar-refractivity contribution < 1.29 is 0 Å². The molecule has 0 N–H and O–H groups in total. The molecule has 13 aromatic carbocycles. The van der Waals surface area contributed by atoms with E-state index >= 15 is 0 Å². The third kappa shape index (κ3) is 7.08. The molecule has 0 amide bonds. The Morgan fingerprint density at radius 3 is 1.10 bits per heavy atom. The van der Waals surface area contributed by atoms with Crippen LogP contribution in [-0.2, 0) is 16.2 Å². The highest BCUT2D eigenvalue weighted by Crippen LogP contribution is 2.57. The second-order valence-electron chi connectivity index (χ2n) is 28.0. The predicted molar refractivity (Wildman–Crippen MR) is 392 cm³/mol. The summed E-state index contributed by atoms with van der Waals surface area (Å²) in [5.41, 5.74) is 32.4. The van der Waals surface area contributed by atoms with E-state index in [1.54, 1.807) is 0 Å². The Bertz CT molecular complexity index is 6180. The van der Waals surface area contributed by atoms with E-state index in [9.17, 15) is 0 Å². The fourth-order valence-corrected chi connectivity index (χ4v) is 17.6. The van der Waals surface area contributed by atoms with E-state index in [0.29, 0.717) is 5.82 Å². The van der Waals surface area contributed by atoms with Gasteiger partial charge in [0.2, 0.25) is 0 Å². The molecule has 94 heavy (non-hydrogen) atoms. The maximum Gasteiger partial charge on any atom is 0.160 e. The standard InChI is InChI=1S/C89H63N5/c1-87(2)66-28-13-7-22-59(66)79-69(87)43-47-76-82(79)62-25-10-16-31-73(62)92(76)56-39-34-52(35-40-56)85-65-51-55(54-20-19-21-58(50-54)94-75-33-18-12-27-64(75)84-78(94)49-45-71-81(84)61-24-9-15-30-68(61)89(71,5)6)38-46-72(65)90-86(91-85)53-36-41-57(42-37-53)93-74-32-17-11-26-63(74)83-77(93)48-44-70-80(83)60-23-8-14-29-67(60)88(70,3)4/h7-51H,1-6H3. The lowest BCUT2D eigenvalue weighted by molar-refractivity contribution is 0.660. The summed E-state index contributed by atoms with van der Waals surface area (Å²) < 4.78 is 7.35. The molecule has 5 heteroatoms. The number of nitrogens with zero attached hydrogens (tertiary/aromatic N) is 5. The Morgan fingerprint density at radius 1 is 0.255 bits per heavy atom. The van der Waals surface area contributed by atoms with Gasteiger partial charge in [0, 0.05) is 82.1 Å². The molecule has 0 atom stereocenters. The number of fused-ring (bicyclic) bond motifs is 22. The van der Waals surface area contributed by atoms with Crippen molar-refractivity contribution in [2.45, 2.75) is 57.8 Å². The summed E-state index contributed by atoms with van der Waals surface area (Å²) in [6.07, 6.45) is 0. The normalized spacial score (nSPS) is 14.5. The molecule has 0 radical (unpaired) electrons. The van der Waals surface area contributed by atoms with Crippen LogP contribution in [0, 0.1) is 0 Å². The Labute approximate surface area is 545 Å². The van der Waals surface area contributed by atoms with E-state index in [4.69, 9.17) is 9.97 Å². The van der Waals surface area contributed by atoms with E-state index in [0.717, 1.165) is 55.9 Å². The monoisotopic (exact) mass is 1200 g/mol. The van der Waals surface area contributed by atoms with Crippen LogP contribution in [0.15, 0.2) is 273 Å². The first-order valence-electron chi connectivity index (χ1n) is 33.1. The lowest BCUT2D eigenvalue weighted by atomic mass is 9.82. The van der Waals surface area contributed by atoms with Gasteiger partial charge in [-0.15, -0.1) is 0 Å². The zero-order chi connectivity index (χ0) is 62.7. The Hall–Kier alpha value is -11.4. The summed E-state index contributed by atoms with van der Waals surface area (Å²) in [5, 5.41) is 8.68. The molecule has 0 fully saturated rings. The van der Waals surface area contributed by atoms with Crippen LogP contribution in [0.3, 0.4) is 0 Å². The maximum absolute atomic E-state index is 5.66. The van der Waals surface area contributed by atoms with Crippen molar-refractivity contribution >= 4 is 76.3 Å². The molecule has 0 aliphatic heterocycles. The molecule has 4 aromatic heterocycles. The average Bonchev–Trinajstić information content (AvgIpc) is 1.55. The fourth-order valence-electron chi connectivity index (χ4n) is 17.6. The highest BCUT2D eigenvalue weighted by atomic mass is 15.0. The maximum atomic E-state index is 5.66. The summed E-state index contributed by atoms with van der Waals surface area (Å²) in [6.45, 7) is 14.2. The lowest BCUT2D eigenvalue weighted by Crippen LogP contribution is -2.14. The molecule has 0 bridgehead atoms. The molecule has 0 unspecified atom stereocenters. The van der Waals surface area contributed by atoms with Gasteiger partial charge in [-0.1, -0.05) is 217 Å². The first-order valence-corrected chi connectivity index (χ1v) is 33.1. The highest BCUT2D eigenvalue weighted by Gasteiger charge is 2.40. The second kappa shape index (κ2) is 18.9. The van der Waals surface area contributed by atoms with Gasteiger partial charge < -0.3 is 13.7 Å². The molecule has 0 saturated heterocycles. The van der Waals surface area contributed by atoms with E-state index in [-0.39, 0.29) is 16.2 Å². The van der Waals surface area contributed by atoms with Crippen molar-refractivity contribution in [2.24, 2.45) is 0 Å². The lowest BCUT2D eigenvalue weighted by Gasteiger charge is -2.21. The van der Waals surface area contributed by atoms with Crippen LogP contribution in [0.1, 0.15) is 74.9 Å². The number of benzene rings is 13. The summed E-state index contributed by atoms with van der Waals surface area (Å²) in [7, 11) is 0. The van der Waals surface area contributed by atoms with Gasteiger partial charge in [0.05, 0.1) is 44.3 Å². The molecule has 444 valence electrons. The number of rotatable bonds is 6. The van der Waals surface area contributed by atoms with Crippen molar-refractivity contribution in [3.63, 3.8) is 0 Å². The molecule has 4 heterocycles. The number of hydrogen-bond acceptors (Lipinski definition) is 2. The molecule has 5 nitrogen and oxygen atoms in total. The smallest absolute Gasteiger partial charge is 0.160 e. The zero-order valence-corrected chi connectivity index (χ0v) is 53.2. The Balaban J connectivity index is 0.741. The molecular weight excluding hydrogens is 1140 g/mol. The average molecular weight is 1200 g/mol. The molecular formula is C89H63N5. The summed E-state index contributed by atoms with van der Waals surface area (Å²) in [5.74, 6) is 0.676. The fraction of sp³-hybridized carbons (Fsp3) is 0.101. The minimum atomic E-state index is -0.106. The van der Waals surface area contributed by atoms with Crippen LogP contribution in [0.25, 0.3) is 161 Å². The van der Waals surface area contributed by atoms with Crippen LogP contribution >= 0.6 is 0 Å². The van der Waals surface area contributed by atoms with E-state index < -0.39 is 0 Å². The number of hydrogen-bond donors (Lipinski definition) is 0. The van der Waals surface area contributed by atoms with Crippen molar-refractivity contribution in [1.29, 1.82) is 0 Å². The minimum absolute atomic E-state index is 0.0991. The van der Waals surface area contributed by atoms with E-state index in [1.807, 2.05) is 0 Å². The number of para-hydroxylation sites is 3. The molecule has 0 saturated carbocycles. The molecule has 3 aliphatic carbocycles. The van der Waals surface area contributed by atoms with E-state index in [1.165, 1.54) is 132 Å². The van der Waals surface area contributed by atoms with Gasteiger partial charge in [-0.05, 0) is 175 Å².